The highest BCUT2D eigenvalue weighted by atomic mass is 19.1. The van der Waals surface area contributed by atoms with Crippen LogP contribution < -0.4 is 10.6 Å². The molecule has 1 unspecified atom stereocenters. The van der Waals surface area contributed by atoms with Crippen molar-refractivity contribution in [3.05, 3.63) is 35.6 Å². The Morgan fingerprint density at radius 3 is 2.48 bits per heavy atom. The van der Waals surface area contributed by atoms with E-state index in [1.54, 1.807) is 12.1 Å². The van der Waals surface area contributed by atoms with Gasteiger partial charge < -0.3 is 20.4 Å². The van der Waals surface area contributed by atoms with Crippen molar-refractivity contribution in [2.45, 2.75) is 20.4 Å². The number of aliphatic imine (C=N–C) groups is 1. The lowest BCUT2D eigenvalue weighted by Crippen LogP contribution is -2.47. The number of halogens is 1. The zero-order chi connectivity index (χ0) is 18.1. The molecule has 0 amide bonds. The van der Waals surface area contributed by atoms with Gasteiger partial charge in [-0.25, -0.2) is 9.38 Å². The topological polar surface area (TPSA) is 42.9 Å². The summed E-state index contributed by atoms with van der Waals surface area (Å²) in [5, 5.41) is 6.70. The van der Waals surface area contributed by atoms with Crippen LogP contribution in [0, 0.1) is 11.7 Å². The maximum absolute atomic E-state index is 13.0. The second-order valence-corrected chi connectivity index (χ2v) is 6.91. The molecule has 1 aromatic rings. The molecule has 1 aromatic carbocycles. The molecule has 2 N–H and O–H groups in total. The molecule has 5 nitrogen and oxygen atoms in total. The van der Waals surface area contributed by atoms with E-state index in [9.17, 15) is 4.39 Å². The highest BCUT2D eigenvalue weighted by Gasteiger charge is 2.16. The number of hydrogen-bond acceptors (Lipinski definition) is 3. The second kappa shape index (κ2) is 10.4. The molecular formula is C19H32FN5. The first kappa shape index (κ1) is 19.7. The van der Waals surface area contributed by atoms with Crippen LogP contribution in [0.25, 0.3) is 0 Å². The third-order valence-corrected chi connectivity index (χ3v) is 4.46. The highest BCUT2D eigenvalue weighted by Crippen LogP contribution is 2.05. The van der Waals surface area contributed by atoms with Crippen LogP contribution in [-0.2, 0) is 6.54 Å². The lowest BCUT2D eigenvalue weighted by Gasteiger charge is -2.34. The molecule has 0 spiro atoms. The third kappa shape index (κ3) is 7.40. The Hall–Kier alpha value is -1.66. The van der Waals surface area contributed by atoms with E-state index in [0.717, 1.165) is 57.3 Å². The van der Waals surface area contributed by atoms with Gasteiger partial charge >= 0.3 is 0 Å². The number of benzene rings is 1. The predicted octanol–water partition coefficient (Wildman–Crippen LogP) is 1.76. The van der Waals surface area contributed by atoms with Crippen molar-refractivity contribution in [3.8, 4) is 0 Å². The van der Waals surface area contributed by atoms with Gasteiger partial charge in [-0.3, -0.25) is 0 Å². The van der Waals surface area contributed by atoms with Gasteiger partial charge in [0.05, 0.1) is 6.54 Å². The molecule has 1 heterocycles. The molecule has 1 atom stereocenters. The Balaban J connectivity index is 1.77. The summed E-state index contributed by atoms with van der Waals surface area (Å²) in [5.41, 5.74) is 1.00. The predicted molar refractivity (Wildman–Crippen MR) is 102 cm³/mol. The van der Waals surface area contributed by atoms with Gasteiger partial charge in [-0.15, -0.1) is 0 Å². The molecule has 0 bridgehead atoms. The first-order valence-electron chi connectivity index (χ1n) is 9.24. The molecule has 0 saturated carbocycles. The fraction of sp³-hybridized carbons (Fsp3) is 0.632. The minimum absolute atomic E-state index is 0.213. The second-order valence-electron chi connectivity index (χ2n) is 6.91. The maximum Gasteiger partial charge on any atom is 0.191 e. The van der Waals surface area contributed by atoms with Crippen LogP contribution in [0.15, 0.2) is 29.3 Å². The standard InChI is InChI=1S/C19H32FN5/c1-4-21-19(23-14-17-5-7-18(20)8-6-17)22-13-16(2)15-25-11-9-24(3)10-12-25/h5-8,16H,4,9-15H2,1-3H3,(H2,21,22,23). The van der Waals surface area contributed by atoms with Crippen LogP contribution in [0.3, 0.4) is 0 Å². The Morgan fingerprint density at radius 2 is 1.84 bits per heavy atom. The largest absolute Gasteiger partial charge is 0.357 e. The SMILES string of the molecule is CCNC(=NCc1ccc(F)cc1)NCC(C)CN1CCN(C)CC1. The number of nitrogens with zero attached hydrogens (tertiary/aromatic N) is 3. The number of nitrogens with one attached hydrogen (secondary N) is 2. The molecule has 1 aliphatic rings. The van der Waals surface area contributed by atoms with E-state index < -0.39 is 0 Å². The van der Waals surface area contributed by atoms with E-state index in [0.29, 0.717) is 12.5 Å². The van der Waals surface area contributed by atoms with E-state index in [-0.39, 0.29) is 5.82 Å². The van der Waals surface area contributed by atoms with Gasteiger partial charge in [0.15, 0.2) is 5.96 Å². The van der Waals surface area contributed by atoms with Crippen LogP contribution in [0.5, 0.6) is 0 Å². The molecule has 0 aliphatic carbocycles. The molecule has 0 aromatic heterocycles. The average Bonchev–Trinajstić information content (AvgIpc) is 2.61. The van der Waals surface area contributed by atoms with Gasteiger partial charge in [0, 0.05) is 45.8 Å². The van der Waals surface area contributed by atoms with Crippen molar-refractivity contribution in [1.29, 1.82) is 0 Å². The fourth-order valence-corrected chi connectivity index (χ4v) is 2.91. The van der Waals surface area contributed by atoms with Crippen molar-refractivity contribution < 1.29 is 4.39 Å². The summed E-state index contributed by atoms with van der Waals surface area (Å²) < 4.78 is 13.0. The average molecular weight is 349 g/mol. The molecule has 2 rings (SSSR count). The normalized spacial score (nSPS) is 18.2. The summed E-state index contributed by atoms with van der Waals surface area (Å²) in [5.74, 6) is 1.16. The van der Waals surface area contributed by atoms with Gasteiger partial charge in [0.25, 0.3) is 0 Å². The molecule has 1 aliphatic heterocycles. The van der Waals surface area contributed by atoms with Gasteiger partial charge in [-0.1, -0.05) is 19.1 Å². The van der Waals surface area contributed by atoms with Crippen LogP contribution in [0.1, 0.15) is 19.4 Å². The number of hydrogen-bond donors (Lipinski definition) is 2. The van der Waals surface area contributed by atoms with Crippen LogP contribution in [0.2, 0.25) is 0 Å². The van der Waals surface area contributed by atoms with Gasteiger partial charge in [-0.2, -0.15) is 0 Å². The Morgan fingerprint density at radius 1 is 1.16 bits per heavy atom. The van der Waals surface area contributed by atoms with Crippen molar-refractivity contribution in [3.63, 3.8) is 0 Å². The number of likely N-dealkylation sites (N-methyl/N-ethyl adjacent to an activating group) is 1. The highest BCUT2D eigenvalue weighted by molar-refractivity contribution is 5.79. The van der Waals surface area contributed by atoms with Crippen molar-refractivity contribution in [2.24, 2.45) is 10.9 Å². The Labute approximate surface area is 151 Å². The number of guanidine groups is 1. The lowest BCUT2D eigenvalue weighted by atomic mass is 10.1. The van der Waals surface area contributed by atoms with E-state index in [2.05, 4.69) is 46.3 Å². The van der Waals surface area contributed by atoms with Crippen molar-refractivity contribution >= 4 is 5.96 Å². The van der Waals surface area contributed by atoms with E-state index in [4.69, 9.17) is 0 Å². The number of rotatable bonds is 7. The quantitative estimate of drug-likeness (QED) is 0.582. The zero-order valence-corrected chi connectivity index (χ0v) is 15.8. The first-order valence-corrected chi connectivity index (χ1v) is 9.24. The smallest absolute Gasteiger partial charge is 0.191 e. The summed E-state index contributed by atoms with van der Waals surface area (Å²) in [4.78, 5) is 9.51. The van der Waals surface area contributed by atoms with Crippen LogP contribution >= 0.6 is 0 Å². The number of piperazine rings is 1. The monoisotopic (exact) mass is 349 g/mol. The van der Waals surface area contributed by atoms with Crippen LogP contribution in [0.4, 0.5) is 4.39 Å². The first-order chi connectivity index (χ1) is 12.1. The minimum atomic E-state index is -0.213. The van der Waals surface area contributed by atoms with Crippen molar-refractivity contribution in [1.82, 2.24) is 20.4 Å². The van der Waals surface area contributed by atoms with Crippen molar-refractivity contribution in [2.75, 3.05) is 52.9 Å². The summed E-state index contributed by atoms with van der Waals surface area (Å²) in [6.07, 6.45) is 0. The van der Waals surface area contributed by atoms with Gasteiger partial charge in [0.1, 0.15) is 5.82 Å². The molecule has 1 saturated heterocycles. The minimum Gasteiger partial charge on any atom is -0.357 e. The Kier molecular flexibility index (Phi) is 8.15. The summed E-state index contributed by atoms with van der Waals surface area (Å²) in [6, 6.07) is 6.50. The molecular weight excluding hydrogens is 317 g/mol. The van der Waals surface area contributed by atoms with E-state index >= 15 is 0 Å². The maximum atomic E-state index is 13.0. The summed E-state index contributed by atoms with van der Waals surface area (Å²) in [7, 11) is 2.18. The molecule has 0 radical (unpaired) electrons. The molecule has 6 heteroatoms. The molecule has 1 fully saturated rings. The van der Waals surface area contributed by atoms with Crippen LogP contribution in [-0.4, -0.2) is 68.6 Å². The fourth-order valence-electron chi connectivity index (χ4n) is 2.91. The lowest BCUT2D eigenvalue weighted by molar-refractivity contribution is 0.139. The summed E-state index contributed by atoms with van der Waals surface area (Å²) >= 11 is 0. The van der Waals surface area contributed by atoms with Gasteiger partial charge in [-0.05, 0) is 37.6 Å². The zero-order valence-electron chi connectivity index (χ0n) is 15.8. The Bertz CT molecular complexity index is 523. The molecule has 140 valence electrons. The van der Waals surface area contributed by atoms with E-state index in [1.165, 1.54) is 12.1 Å². The summed E-state index contributed by atoms with van der Waals surface area (Å²) in [6.45, 7) is 12.3. The van der Waals surface area contributed by atoms with Gasteiger partial charge in [0.2, 0.25) is 0 Å². The van der Waals surface area contributed by atoms with E-state index in [1.807, 2.05) is 0 Å². The third-order valence-electron chi connectivity index (χ3n) is 4.46. The molecule has 25 heavy (non-hydrogen) atoms.